The van der Waals surface area contributed by atoms with E-state index in [0.29, 0.717) is 11.5 Å². The molecule has 0 saturated carbocycles. The van der Waals surface area contributed by atoms with Crippen molar-refractivity contribution < 1.29 is 4.79 Å². The first kappa shape index (κ1) is 19.4. The number of carbonyl (C=O) groups excluding carboxylic acids is 1. The number of aromatic nitrogens is 4. The van der Waals surface area contributed by atoms with Crippen LogP contribution in [0.4, 0.5) is 5.95 Å². The molecule has 1 aromatic carbocycles. The molecule has 3 rings (SSSR count). The van der Waals surface area contributed by atoms with E-state index in [0.717, 1.165) is 22.6 Å². The van der Waals surface area contributed by atoms with Gasteiger partial charge in [-0.15, -0.1) is 0 Å². The first-order chi connectivity index (χ1) is 13.4. The normalized spacial score (nSPS) is 11.8. The molecule has 0 aliphatic rings. The summed E-state index contributed by atoms with van der Waals surface area (Å²) in [7, 11) is 5.60. The predicted octanol–water partition coefficient (Wildman–Crippen LogP) is 3.14. The Morgan fingerprint density at radius 3 is 2.36 bits per heavy atom. The number of hydrogen-bond donors (Lipinski definition) is 0. The first-order valence-corrected chi connectivity index (χ1v) is 9.03. The molecule has 0 N–H and O–H groups in total. The quantitative estimate of drug-likeness (QED) is 0.681. The summed E-state index contributed by atoms with van der Waals surface area (Å²) in [5, 5.41) is 0. The van der Waals surface area contributed by atoms with Crippen molar-refractivity contribution in [3.8, 4) is 11.3 Å². The second-order valence-corrected chi connectivity index (χ2v) is 6.89. The van der Waals surface area contributed by atoms with Crippen LogP contribution in [0.3, 0.4) is 0 Å². The van der Waals surface area contributed by atoms with Crippen LogP contribution in [0.5, 0.6) is 0 Å². The van der Waals surface area contributed by atoms with Crippen molar-refractivity contribution in [3.63, 3.8) is 0 Å². The average Bonchev–Trinajstić information content (AvgIpc) is 2.72. The van der Waals surface area contributed by atoms with Crippen LogP contribution in [-0.4, -0.2) is 51.9 Å². The highest BCUT2D eigenvalue weighted by atomic mass is 16.2. The minimum absolute atomic E-state index is 0.0643. The van der Waals surface area contributed by atoms with E-state index in [1.165, 1.54) is 6.33 Å². The largest absolute Gasteiger partial charge is 0.347 e. The molecule has 0 spiro atoms. The summed E-state index contributed by atoms with van der Waals surface area (Å²) in [5.41, 5.74) is 4.09. The Kier molecular flexibility index (Phi) is 5.63. The lowest BCUT2D eigenvalue weighted by Gasteiger charge is -2.24. The Labute approximate surface area is 165 Å². The minimum Gasteiger partial charge on any atom is -0.347 e. The monoisotopic (exact) mass is 376 g/mol. The van der Waals surface area contributed by atoms with Crippen LogP contribution in [0.2, 0.25) is 0 Å². The van der Waals surface area contributed by atoms with Crippen molar-refractivity contribution in [3.05, 3.63) is 65.9 Å². The molecule has 0 unspecified atom stereocenters. The van der Waals surface area contributed by atoms with Gasteiger partial charge in [0.05, 0.1) is 17.4 Å². The maximum atomic E-state index is 12.9. The van der Waals surface area contributed by atoms with Gasteiger partial charge < -0.3 is 9.80 Å². The molecule has 2 aromatic heterocycles. The van der Waals surface area contributed by atoms with Crippen LogP contribution in [-0.2, 0) is 0 Å². The molecule has 144 valence electrons. The molecule has 28 heavy (non-hydrogen) atoms. The number of carbonyl (C=O) groups is 1. The van der Waals surface area contributed by atoms with Crippen LogP contribution in [0.1, 0.15) is 34.7 Å². The van der Waals surface area contributed by atoms with Crippen molar-refractivity contribution in [2.24, 2.45) is 0 Å². The van der Waals surface area contributed by atoms with Crippen LogP contribution in [0.25, 0.3) is 11.3 Å². The second kappa shape index (κ2) is 8.12. The molecule has 0 radical (unpaired) electrons. The van der Waals surface area contributed by atoms with Crippen LogP contribution in [0, 0.1) is 6.92 Å². The van der Waals surface area contributed by atoms with Crippen molar-refractivity contribution in [2.75, 3.05) is 26.0 Å². The van der Waals surface area contributed by atoms with E-state index < -0.39 is 0 Å². The predicted molar refractivity (Wildman–Crippen MR) is 109 cm³/mol. The van der Waals surface area contributed by atoms with Gasteiger partial charge in [0.2, 0.25) is 5.95 Å². The number of benzene rings is 1. The third-order valence-corrected chi connectivity index (χ3v) is 4.60. The SMILES string of the molecule is Cc1cc(-c2ccc(C(=O)N(C)[C@H](C)c3ccncn3)cc2)nc(N(C)C)n1. The van der Waals surface area contributed by atoms with Crippen molar-refractivity contribution in [1.29, 1.82) is 0 Å². The first-order valence-electron chi connectivity index (χ1n) is 9.03. The van der Waals surface area contributed by atoms with Crippen molar-refractivity contribution in [1.82, 2.24) is 24.8 Å². The van der Waals surface area contributed by atoms with Crippen LogP contribution < -0.4 is 4.90 Å². The summed E-state index contributed by atoms with van der Waals surface area (Å²) in [4.78, 5) is 33.6. The van der Waals surface area contributed by atoms with Gasteiger partial charge >= 0.3 is 0 Å². The van der Waals surface area contributed by atoms with E-state index >= 15 is 0 Å². The van der Waals surface area contributed by atoms with E-state index in [1.807, 2.05) is 69.2 Å². The number of aryl methyl sites for hydroxylation is 1. The Morgan fingerprint density at radius 1 is 1.04 bits per heavy atom. The number of hydrogen-bond acceptors (Lipinski definition) is 6. The van der Waals surface area contributed by atoms with E-state index in [4.69, 9.17) is 0 Å². The smallest absolute Gasteiger partial charge is 0.254 e. The van der Waals surface area contributed by atoms with E-state index in [9.17, 15) is 4.79 Å². The topological polar surface area (TPSA) is 75.1 Å². The van der Waals surface area contributed by atoms with Gasteiger partial charge in [-0.1, -0.05) is 12.1 Å². The van der Waals surface area contributed by atoms with Crippen molar-refractivity contribution >= 4 is 11.9 Å². The fourth-order valence-electron chi connectivity index (χ4n) is 2.81. The van der Waals surface area contributed by atoms with E-state index in [2.05, 4.69) is 19.9 Å². The molecule has 0 aliphatic carbocycles. The molecular formula is C21H24N6O. The molecule has 1 atom stereocenters. The number of amides is 1. The van der Waals surface area contributed by atoms with Gasteiger partial charge in [-0.3, -0.25) is 4.79 Å². The van der Waals surface area contributed by atoms with Gasteiger partial charge in [0, 0.05) is 44.2 Å². The molecule has 1 amide bonds. The van der Waals surface area contributed by atoms with Crippen LogP contribution in [0.15, 0.2) is 48.9 Å². The van der Waals surface area contributed by atoms with Crippen LogP contribution >= 0.6 is 0 Å². The number of rotatable bonds is 5. The summed E-state index contributed by atoms with van der Waals surface area (Å²) >= 11 is 0. The highest BCUT2D eigenvalue weighted by Gasteiger charge is 2.20. The van der Waals surface area contributed by atoms with Gasteiger partial charge in [0.15, 0.2) is 0 Å². The summed E-state index contributed by atoms with van der Waals surface area (Å²) in [5.74, 6) is 0.596. The van der Waals surface area contributed by atoms with Gasteiger partial charge in [-0.2, -0.15) is 0 Å². The summed E-state index contributed by atoms with van der Waals surface area (Å²) in [6.45, 7) is 3.89. The van der Waals surface area contributed by atoms with Gasteiger partial charge in [-0.25, -0.2) is 19.9 Å². The zero-order valence-electron chi connectivity index (χ0n) is 16.8. The minimum atomic E-state index is -0.151. The molecule has 7 nitrogen and oxygen atoms in total. The molecule has 0 fully saturated rings. The van der Waals surface area contributed by atoms with Crippen molar-refractivity contribution in [2.45, 2.75) is 19.9 Å². The van der Waals surface area contributed by atoms with E-state index in [-0.39, 0.29) is 11.9 Å². The lowest BCUT2D eigenvalue weighted by Crippen LogP contribution is -2.30. The highest BCUT2D eigenvalue weighted by molar-refractivity contribution is 5.94. The molecular weight excluding hydrogens is 352 g/mol. The molecule has 2 heterocycles. The maximum Gasteiger partial charge on any atom is 0.254 e. The summed E-state index contributed by atoms with van der Waals surface area (Å²) in [6.07, 6.45) is 3.17. The third kappa shape index (κ3) is 4.14. The van der Waals surface area contributed by atoms with E-state index in [1.54, 1.807) is 18.1 Å². The standard InChI is InChI=1S/C21H24N6O/c1-14-12-19(25-21(24-14)26(3)4)16-6-8-17(9-7-16)20(28)27(5)15(2)18-10-11-22-13-23-18/h6-13,15H,1-5H3/t15-/m1/s1. The summed E-state index contributed by atoms with van der Waals surface area (Å²) < 4.78 is 0. The Morgan fingerprint density at radius 2 is 1.75 bits per heavy atom. The number of anilines is 1. The van der Waals surface area contributed by atoms with Gasteiger partial charge in [0.1, 0.15) is 6.33 Å². The highest BCUT2D eigenvalue weighted by Crippen LogP contribution is 2.23. The molecule has 0 bridgehead atoms. The summed E-state index contributed by atoms with van der Waals surface area (Å²) in [6, 6.07) is 11.1. The Balaban J connectivity index is 1.81. The Bertz CT molecular complexity index is 956. The molecule has 7 heteroatoms. The molecule has 0 aliphatic heterocycles. The zero-order valence-corrected chi connectivity index (χ0v) is 16.8. The lowest BCUT2D eigenvalue weighted by molar-refractivity contribution is 0.0739. The molecule has 0 saturated heterocycles. The fourth-order valence-corrected chi connectivity index (χ4v) is 2.81. The maximum absolute atomic E-state index is 12.9. The Hall–Kier alpha value is -3.35. The molecule has 3 aromatic rings. The fraction of sp³-hybridized carbons (Fsp3) is 0.286. The van der Waals surface area contributed by atoms with Gasteiger partial charge in [-0.05, 0) is 38.1 Å². The second-order valence-electron chi connectivity index (χ2n) is 6.89. The third-order valence-electron chi connectivity index (χ3n) is 4.60. The average molecular weight is 376 g/mol. The lowest BCUT2D eigenvalue weighted by atomic mass is 10.1. The van der Waals surface area contributed by atoms with Gasteiger partial charge in [0.25, 0.3) is 5.91 Å². The number of nitrogens with zero attached hydrogens (tertiary/aromatic N) is 6. The zero-order chi connectivity index (χ0) is 20.3.